The lowest BCUT2D eigenvalue weighted by Crippen LogP contribution is -2.13. The number of rotatable bonds is 6. The van der Waals surface area contributed by atoms with Crippen molar-refractivity contribution in [2.24, 2.45) is 0 Å². The van der Waals surface area contributed by atoms with Gasteiger partial charge in [-0.2, -0.15) is 5.10 Å². The summed E-state index contributed by atoms with van der Waals surface area (Å²) in [5.41, 5.74) is 3.04. The van der Waals surface area contributed by atoms with Gasteiger partial charge < -0.3 is 0 Å². The van der Waals surface area contributed by atoms with Crippen LogP contribution in [0.15, 0.2) is 65.7 Å². The van der Waals surface area contributed by atoms with Crippen molar-refractivity contribution in [1.82, 2.24) is 9.78 Å². The van der Waals surface area contributed by atoms with Gasteiger partial charge >= 0.3 is 0 Å². The van der Waals surface area contributed by atoms with Crippen LogP contribution >= 0.6 is 0 Å². The van der Waals surface area contributed by atoms with Crippen LogP contribution in [-0.2, 0) is 16.4 Å². The Hall–Kier alpha value is -2.60. The van der Waals surface area contributed by atoms with E-state index in [1.807, 2.05) is 47.1 Å². The number of sulfonamides is 1. The lowest BCUT2D eigenvalue weighted by atomic mass is 10.2. The Morgan fingerprint density at radius 1 is 1.04 bits per heavy atom. The molecule has 4 rings (SSSR count). The summed E-state index contributed by atoms with van der Waals surface area (Å²) in [7, 11) is -3.75. The van der Waals surface area contributed by atoms with Crippen molar-refractivity contribution in [1.29, 1.82) is 0 Å². The van der Waals surface area contributed by atoms with Crippen LogP contribution in [0.1, 0.15) is 44.2 Å². The van der Waals surface area contributed by atoms with Crippen LogP contribution in [0.25, 0.3) is 11.3 Å². The van der Waals surface area contributed by atoms with Crippen molar-refractivity contribution in [2.45, 2.75) is 50.0 Å². The molecular formula is C22H25N3O2S. The number of anilines is 1. The normalized spacial score (nSPS) is 15.0. The molecule has 0 unspecified atom stereocenters. The third-order valence-corrected chi connectivity index (χ3v) is 6.73. The summed E-state index contributed by atoms with van der Waals surface area (Å²) in [4.78, 5) is 0.227. The highest BCUT2D eigenvalue weighted by molar-refractivity contribution is 7.92. The van der Waals surface area contributed by atoms with Gasteiger partial charge in [0.2, 0.25) is 0 Å². The Balaban J connectivity index is 1.73. The molecule has 1 fully saturated rings. The number of aryl methyl sites for hydroxylation is 1. The van der Waals surface area contributed by atoms with E-state index in [9.17, 15) is 8.42 Å². The third kappa shape index (κ3) is 3.83. The van der Waals surface area contributed by atoms with E-state index in [4.69, 9.17) is 5.10 Å². The van der Waals surface area contributed by atoms with Crippen molar-refractivity contribution in [3.05, 3.63) is 66.4 Å². The molecule has 1 aromatic heterocycles. The maximum Gasteiger partial charge on any atom is 0.265 e. The van der Waals surface area contributed by atoms with Crippen LogP contribution in [0.4, 0.5) is 5.69 Å². The number of benzene rings is 2. The van der Waals surface area contributed by atoms with Crippen molar-refractivity contribution in [2.75, 3.05) is 4.72 Å². The first kappa shape index (κ1) is 18.7. The van der Waals surface area contributed by atoms with Crippen LogP contribution in [-0.4, -0.2) is 18.2 Å². The average molecular weight is 396 g/mol. The highest BCUT2D eigenvalue weighted by atomic mass is 32.2. The molecule has 5 nitrogen and oxygen atoms in total. The fourth-order valence-electron chi connectivity index (χ4n) is 3.74. The Morgan fingerprint density at radius 2 is 1.71 bits per heavy atom. The minimum atomic E-state index is -3.75. The fourth-order valence-corrected chi connectivity index (χ4v) is 4.96. The fraction of sp³-hybridized carbons (Fsp3) is 0.318. The van der Waals surface area contributed by atoms with Gasteiger partial charge in [-0.1, -0.05) is 62.2 Å². The predicted molar refractivity (Wildman–Crippen MR) is 112 cm³/mol. The predicted octanol–water partition coefficient (Wildman–Crippen LogP) is 5.03. The molecule has 0 bridgehead atoms. The van der Waals surface area contributed by atoms with E-state index < -0.39 is 10.0 Å². The second kappa shape index (κ2) is 7.80. The molecule has 1 aliphatic rings. The molecule has 0 atom stereocenters. The summed E-state index contributed by atoms with van der Waals surface area (Å²) in [6, 6.07) is 17.3. The van der Waals surface area contributed by atoms with Gasteiger partial charge in [0.25, 0.3) is 10.0 Å². The van der Waals surface area contributed by atoms with Gasteiger partial charge in [0.05, 0.1) is 6.04 Å². The minimum Gasteiger partial charge on any atom is -0.280 e. The topological polar surface area (TPSA) is 64.0 Å². The maximum atomic E-state index is 13.2. The zero-order valence-electron chi connectivity index (χ0n) is 16.0. The Kier molecular flexibility index (Phi) is 5.22. The summed E-state index contributed by atoms with van der Waals surface area (Å²) in [5, 5.41) is 4.70. The molecule has 0 spiro atoms. The molecule has 146 valence electrons. The van der Waals surface area contributed by atoms with Gasteiger partial charge in [0.1, 0.15) is 10.6 Å². The molecular weight excluding hydrogens is 370 g/mol. The summed E-state index contributed by atoms with van der Waals surface area (Å²) >= 11 is 0. The zero-order chi connectivity index (χ0) is 19.6. The van der Waals surface area contributed by atoms with Crippen LogP contribution < -0.4 is 4.72 Å². The second-order valence-corrected chi connectivity index (χ2v) is 8.93. The van der Waals surface area contributed by atoms with Gasteiger partial charge in [-0.3, -0.25) is 9.40 Å². The molecule has 1 aliphatic carbocycles. The van der Waals surface area contributed by atoms with Crippen LogP contribution in [0.2, 0.25) is 0 Å². The standard InChI is InChI=1S/C22H25N3O2S/c1-2-17-12-14-19(15-13-17)24-28(26,27)21-16-25(20-10-6-7-11-20)23-22(21)18-8-4-3-5-9-18/h3-5,8-9,12-16,20,24H,2,6-7,10-11H2,1H3. The quantitative estimate of drug-likeness (QED) is 0.637. The van der Waals surface area contributed by atoms with Crippen LogP contribution in [0.3, 0.4) is 0 Å². The molecule has 0 radical (unpaired) electrons. The summed E-state index contributed by atoms with van der Waals surface area (Å²) < 4.78 is 31.0. The molecule has 2 aromatic carbocycles. The van der Waals surface area contributed by atoms with E-state index >= 15 is 0 Å². The summed E-state index contributed by atoms with van der Waals surface area (Å²) in [6.45, 7) is 2.07. The van der Waals surface area contributed by atoms with Crippen molar-refractivity contribution in [3.8, 4) is 11.3 Å². The molecule has 28 heavy (non-hydrogen) atoms. The molecule has 6 heteroatoms. The van der Waals surface area contributed by atoms with E-state index in [1.54, 1.807) is 18.3 Å². The molecule has 0 amide bonds. The summed E-state index contributed by atoms with van der Waals surface area (Å²) in [5.74, 6) is 0. The van der Waals surface area contributed by atoms with Gasteiger partial charge in [-0.25, -0.2) is 8.42 Å². The number of nitrogens with one attached hydrogen (secondary N) is 1. The van der Waals surface area contributed by atoms with E-state index in [0.717, 1.165) is 37.7 Å². The highest BCUT2D eigenvalue weighted by Gasteiger charge is 2.27. The molecule has 1 N–H and O–H groups in total. The van der Waals surface area contributed by atoms with Gasteiger partial charge in [-0.15, -0.1) is 0 Å². The van der Waals surface area contributed by atoms with E-state index in [1.165, 1.54) is 5.56 Å². The third-order valence-electron chi connectivity index (χ3n) is 5.35. The highest BCUT2D eigenvalue weighted by Crippen LogP contribution is 2.33. The van der Waals surface area contributed by atoms with E-state index in [2.05, 4.69) is 11.6 Å². The Labute approximate surface area is 166 Å². The SMILES string of the molecule is CCc1ccc(NS(=O)(=O)c2cn(C3CCCC3)nc2-c2ccccc2)cc1. The van der Waals surface area contributed by atoms with Crippen molar-refractivity contribution in [3.63, 3.8) is 0 Å². The summed E-state index contributed by atoms with van der Waals surface area (Å²) in [6.07, 6.45) is 7.02. The van der Waals surface area contributed by atoms with Crippen LogP contribution in [0.5, 0.6) is 0 Å². The van der Waals surface area contributed by atoms with Crippen molar-refractivity contribution >= 4 is 15.7 Å². The Bertz CT molecular complexity index is 1040. The second-order valence-electron chi connectivity index (χ2n) is 7.28. The molecule has 3 aromatic rings. The Morgan fingerprint density at radius 3 is 2.36 bits per heavy atom. The number of hydrogen-bond donors (Lipinski definition) is 1. The van der Waals surface area contributed by atoms with Gasteiger partial charge in [0.15, 0.2) is 0 Å². The minimum absolute atomic E-state index is 0.227. The van der Waals surface area contributed by atoms with Gasteiger partial charge in [0, 0.05) is 17.4 Å². The first-order chi connectivity index (χ1) is 13.6. The molecule has 0 saturated heterocycles. The lowest BCUT2D eigenvalue weighted by Gasteiger charge is -2.09. The first-order valence-corrected chi connectivity index (χ1v) is 11.3. The van der Waals surface area contributed by atoms with Crippen LogP contribution in [0, 0.1) is 0 Å². The monoisotopic (exact) mass is 395 g/mol. The van der Waals surface area contributed by atoms with E-state index in [-0.39, 0.29) is 10.9 Å². The maximum absolute atomic E-state index is 13.2. The zero-order valence-corrected chi connectivity index (χ0v) is 16.8. The molecule has 1 heterocycles. The average Bonchev–Trinajstić information content (AvgIpc) is 3.39. The molecule has 1 saturated carbocycles. The largest absolute Gasteiger partial charge is 0.280 e. The lowest BCUT2D eigenvalue weighted by molar-refractivity contribution is 0.467. The van der Waals surface area contributed by atoms with Gasteiger partial charge in [-0.05, 0) is 37.0 Å². The molecule has 0 aliphatic heterocycles. The van der Waals surface area contributed by atoms with Crippen molar-refractivity contribution < 1.29 is 8.42 Å². The number of hydrogen-bond acceptors (Lipinski definition) is 3. The number of nitrogens with zero attached hydrogens (tertiary/aromatic N) is 2. The van der Waals surface area contributed by atoms with E-state index in [0.29, 0.717) is 11.4 Å². The smallest absolute Gasteiger partial charge is 0.265 e. The number of aromatic nitrogens is 2. The first-order valence-electron chi connectivity index (χ1n) is 9.83.